The minimum absolute atomic E-state index is 0.289. The van der Waals surface area contributed by atoms with Gasteiger partial charge in [0.15, 0.2) is 0 Å². The van der Waals surface area contributed by atoms with Crippen molar-refractivity contribution in [3.05, 3.63) is 24.3 Å². The van der Waals surface area contributed by atoms with Gasteiger partial charge in [0.05, 0.1) is 0 Å². The lowest BCUT2D eigenvalue weighted by Crippen LogP contribution is -2.42. The molecule has 0 aliphatic heterocycles. The van der Waals surface area contributed by atoms with Gasteiger partial charge < -0.3 is 0 Å². The maximum Gasteiger partial charge on any atom is 0.404 e. The standard InChI is InChI=1S/C9H9F3O/c1-7(13)8(9(10,11)12)5-3-2-4-6-8/h2-5H,6H2,1H3. The molecule has 72 valence electrons. The van der Waals surface area contributed by atoms with Gasteiger partial charge in [-0.2, -0.15) is 13.2 Å². The topological polar surface area (TPSA) is 17.1 Å². The third-order valence-electron chi connectivity index (χ3n) is 2.20. The average Bonchev–Trinajstić information content (AvgIpc) is 2.03. The van der Waals surface area contributed by atoms with Crippen molar-refractivity contribution in [3.8, 4) is 0 Å². The van der Waals surface area contributed by atoms with Crippen LogP contribution in [0.2, 0.25) is 0 Å². The predicted molar refractivity (Wildman–Crippen MR) is 42.1 cm³/mol. The Morgan fingerprint density at radius 3 is 2.23 bits per heavy atom. The fourth-order valence-electron chi connectivity index (χ4n) is 1.29. The van der Waals surface area contributed by atoms with E-state index in [-0.39, 0.29) is 6.42 Å². The predicted octanol–water partition coefficient (Wildman–Crippen LogP) is 2.64. The van der Waals surface area contributed by atoms with Gasteiger partial charge in [0.2, 0.25) is 0 Å². The fourth-order valence-corrected chi connectivity index (χ4v) is 1.29. The lowest BCUT2D eigenvalue weighted by atomic mass is 9.77. The number of rotatable bonds is 1. The lowest BCUT2D eigenvalue weighted by molar-refractivity contribution is -0.204. The number of Topliss-reactive ketones (excluding diaryl/α,β-unsaturated/α-hetero) is 1. The van der Waals surface area contributed by atoms with Crippen molar-refractivity contribution in [2.75, 3.05) is 0 Å². The molecule has 1 nitrogen and oxygen atoms in total. The first kappa shape index (κ1) is 10.0. The molecule has 13 heavy (non-hydrogen) atoms. The van der Waals surface area contributed by atoms with Crippen molar-refractivity contribution in [1.82, 2.24) is 0 Å². The van der Waals surface area contributed by atoms with Gasteiger partial charge in [0, 0.05) is 0 Å². The van der Waals surface area contributed by atoms with Gasteiger partial charge in [0.1, 0.15) is 11.2 Å². The van der Waals surface area contributed by atoms with E-state index in [0.717, 1.165) is 13.0 Å². The van der Waals surface area contributed by atoms with E-state index in [0.29, 0.717) is 0 Å². The van der Waals surface area contributed by atoms with Crippen molar-refractivity contribution in [1.29, 1.82) is 0 Å². The van der Waals surface area contributed by atoms with Gasteiger partial charge in [-0.15, -0.1) is 0 Å². The number of ketones is 1. The van der Waals surface area contributed by atoms with Crippen molar-refractivity contribution < 1.29 is 18.0 Å². The zero-order valence-electron chi connectivity index (χ0n) is 7.06. The summed E-state index contributed by atoms with van der Waals surface area (Å²) in [5.74, 6) is -0.861. The average molecular weight is 190 g/mol. The van der Waals surface area contributed by atoms with Crippen LogP contribution in [-0.2, 0) is 4.79 Å². The van der Waals surface area contributed by atoms with Crippen LogP contribution in [0.1, 0.15) is 13.3 Å². The molecule has 0 N–H and O–H groups in total. The summed E-state index contributed by atoms with van der Waals surface area (Å²) in [6.45, 7) is 0.969. The number of alkyl halides is 3. The molecule has 0 saturated carbocycles. The number of halogens is 3. The first-order valence-electron chi connectivity index (χ1n) is 3.82. The molecule has 1 aliphatic rings. The van der Waals surface area contributed by atoms with E-state index in [1.54, 1.807) is 0 Å². The van der Waals surface area contributed by atoms with Crippen LogP contribution in [0, 0.1) is 5.41 Å². The number of carbonyl (C=O) groups is 1. The van der Waals surface area contributed by atoms with Crippen LogP contribution in [-0.4, -0.2) is 12.0 Å². The molecule has 1 atom stereocenters. The first-order valence-corrected chi connectivity index (χ1v) is 3.82. The molecule has 0 heterocycles. The monoisotopic (exact) mass is 190 g/mol. The van der Waals surface area contributed by atoms with Crippen LogP contribution >= 0.6 is 0 Å². The Morgan fingerprint density at radius 2 is 2.00 bits per heavy atom. The molecular weight excluding hydrogens is 181 g/mol. The zero-order chi connectivity index (χ0) is 10.1. The van der Waals surface area contributed by atoms with E-state index in [1.165, 1.54) is 18.2 Å². The largest absolute Gasteiger partial charge is 0.404 e. The van der Waals surface area contributed by atoms with Crippen molar-refractivity contribution in [2.45, 2.75) is 19.5 Å². The highest BCUT2D eigenvalue weighted by atomic mass is 19.4. The molecule has 0 spiro atoms. The molecule has 0 radical (unpaired) electrons. The summed E-state index contributed by atoms with van der Waals surface area (Å²) in [6.07, 6.45) is 0.262. The molecule has 0 aromatic heterocycles. The summed E-state index contributed by atoms with van der Waals surface area (Å²) in [7, 11) is 0. The quantitative estimate of drug-likeness (QED) is 0.621. The van der Waals surface area contributed by atoms with Crippen LogP contribution in [0.4, 0.5) is 13.2 Å². The lowest BCUT2D eigenvalue weighted by Gasteiger charge is -2.30. The molecule has 0 bridgehead atoms. The summed E-state index contributed by atoms with van der Waals surface area (Å²) in [6, 6.07) is 0. The molecule has 0 amide bonds. The van der Waals surface area contributed by atoms with E-state index < -0.39 is 17.4 Å². The minimum Gasteiger partial charge on any atom is -0.299 e. The molecular formula is C9H9F3O. The number of carbonyl (C=O) groups excluding carboxylic acids is 1. The van der Waals surface area contributed by atoms with E-state index in [9.17, 15) is 18.0 Å². The van der Waals surface area contributed by atoms with Gasteiger partial charge in [-0.05, 0) is 13.3 Å². The van der Waals surface area contributed by atoms with E-state index >= 15 is 0 Å². The molecule has 1 aliphatic carbocycles. The van der Waals surface area contributed by atoms with Crippen molar-refractivity contribution >= 4 is 5.78 Å². The smallest absolute Gasteiger partial charge is 0.299 e. The van der Waals surface area contributed by atoms with E-state index in [2.05, 4.69) is 0 Å². The van der Waals surface area contributed by atoms with Crippen LogP contribution in [0.5, 0.6) is 0 Å². The second-order valence-electron chi connectivity index (χ2n) is 3.02. The number of hydrogen-bond donors (Lipinski definition) is 0. The minimum atomic E-state index is -4.50. The van der Waals surface area contributed by atoms with Crippen molar-refractivity contribution in [2.24, 2.45) is 5.41 Å². The van der Waals surface area contributed by atoms with Gasteiger partial charge in [-0.25, -0.2) is 0 Å². The summed E-state index contributed by atoms with van der Waals surface area (Å²) < 4.78 is 37.6. The van der Waals surface area contributed by atoms with E-state index in [1.807, 2.05) is 0 Å². The van der Waals surface area contributed by atoms with E-state index in [4.69, 9.17) is 0 Å². The highest BCUT2D eigenvalue weighted by Crippen LogP contribution is 2.44. The van der Waals surface area contributed by atoms with Crippen LogP contribution in [0.25, 0.3) is 0 Å². The van der Waals surface area contributed by atoms with Gasteiger partial charge in [-0.1, -0.05) is 24.3 Å². The molecule has 1 rings (SSSR count). The Balaban J connectivity index is 3.10. The molecule has 0 saturated heterocycles. The third kappa shape index (κ3) is 1.53. The van der Waals surface area contributed by atoms with Gasteiger partial charge >= 0.3 is 6.18 Å². The number of hydrogen-bond acceptors (Lipinski definition) is 1. The Kier molecular flexibility index (Phi) is 2.32. The van der Waals surface area contributed by atoms with Crippen LogP contribution in [0.15, 0.2) is 24.3 Å². The summed E-state index contributed by atoms with van der Waals surface area (Å²) >= 11 is 0. The fraction of sp³-hybridized carbons (Fsp3) is 0.444. The molecule has 4 heteroatoms. The SMILES string of the molecule is CC(=O)C1(C(F)(F)F)C=CC=CC1. The van der Waals surface area contributed by atoms with Crippen molar-refractivity contribution in [3.63, 3.8) is 0 Å². The van der Waals surface area contributed by atoms with Crippen LogP contribution < -0.4 is 0 Å². The molecule has 0 fully saturated rings. The summed E-state index contributed by atoms with van der Waals surface area (Å²) in [5, 5.41) is 0. The molecule has 0 aromatic carbocycles. The van der Waals surface area contributed by atoms with Crippen LogP contribution in [0.3, 0.4) is 0 Å². The second-order valence-corrected chi connectivity index (χ2v) is 3.02. The Labute approximate surface area is 73.9 Å². The Morgan fingerprint density at radius 1 is 1.38 bits per heavy atom. The van der Waals surface area contributed by atoms with Gasteiger partial charge in [-0.3, -0.25) is 4.79 Å². The highest BCUT2D eigenvalue weighted by molar-refractivity contribution is 5.86. The maximum absolute atomic E-state index is 12.5. The highest BCUT2D eigenvalue weighted by Gasteiger charge is 2.56. The Hall–Kier alpha value is -1.06. The molecule has 0 aromatic rings. The maximum atomic E-state index is 12.5. The third-order valence-corrected chi connectivity index (χ3v) is 2.20. The first-order chi connectivity index (χ1) is 5.90. The molecule has 1 unspecified atom stereocenters. The Bertz CT molecular complexity index is 275. The zero-order valence-corrected chi connectivity index (χ0v) is 7.06. The second kappa shape index (κ2) is 3.01. The summed E-state index contributed by atoms with van der Waals surface area (Å²) in [4.78, 5) is 11.0. The number of allylic oxidation sites excluding steroid dienone is 4. The summed E-state index contributed by atoms with van der Waals surface area (Å²) in [5.41, 5.74) is -2.29. The van der Waals surface area contributed by atoms with Gasteiger partial charge in [0.25, 0.3) is 0 Å². The normalized spacial score (nSPS) is 27.7.